The highest BCUT2D eigenvalue weighted by Gasteiger charge is 2.52. The molecule has 1 amide bonds. The summed E-state index contributed by atoms with van der Waals surface area (Å²) in [5.41, 5.74) is 0. The molecule has 2 unspecified atom stereocenters. The van der Waals surface area contributed by atoms with Gasteiger partial charge < -0.3 is 10.2 Å². The van der Waals surface area contributed by atoms with Gasteiger partial charge in [-0.25, -0.2) is 0 Å². The maximum Gasteiger partial charge on any atom is 0.226 e. The van der Waals surface area contributed by atoms with Crippen molar-refractivity contribution in [3.05, 3.63) is 0 Å². The van der Waals surface area contributed by atoms with E-state index >= 15 is 0 Å². The Kier molecular flexibility index (Phi) is 2.90. The molecule has 3 heteroatoms. The van der Waals surface area contributed by atoms with E-state index in [1.54, 1.807) is 0 Å². The Bertz CT molecular complexity index is 406. The van der Waals surface area contributed by atoms with Crippen molar-refractivity contribution in [2.75, 3.05) is 19.6 Å². The van der Waals surface area contributed by atoms with Crippen LogP contribution in [0.2, 0.25) is 0 Å². The first kappa shape index (κ1) is 12.9. The van der Waals surface area contributed by atoms with E-state index in [9.17, 15) is 4.79 Å². The maximum absolute atomic E-state index is 13.2. The molecule has 116 valence electrons. The molecule has 21 heavy (non-hydrogen) atoms. The molecule has 0 aromatic carbocycles. The van der Waals surface area contributed by atoms with Gasteiger partial charge in [0, 0.05) is 25.0 Å². The lowest BCUT2D eigenvalue weighted by atomic mass is 9.51. The third kappa shape index (κ3) is 1.99. The lowest BCUT2D eigenvalue weighted by molar-refractivity contribution is -0.148. The van der Waals surface area contributed by atoms with E-state index in [2.05, 4.69) is 10.2 Å². The molecule has 6 rings (SSSR count). The monoisotopic (exact) mass is 288 g/mol. The van der Waals surface area contributed by atoms with Crippen LogP contribution in [0.1, 0.15) is 44.9 Å². The predicted molar refractivity (Wildman–Crippen MR) is 81.6 cm³/mol. The first-order valence-electron chi connectivity index (χ1n) is 9.30. The zero-order chi connectivity index (χ0) is 14.0. The first-order valence-corrected chi connectivity index (χ1v) is 9.30. The molecular formula is C18H28N2O. The van der Waals surface area contributed by atoms with Gasteiger partial charge in [0.15, 0.2) is 0 Å². The molecular weight excluding hydrogens is 260 g/mol. The van der Waals surface area contributed by atoms with Gasteiger partial charge in [-0.3, -0.25) is 4.79 Å². The summed E-state index contributed by atoms with van der Waals surface area (Å²) < 4.78 is 0. The summed E-state index contributed by atoms with van der Waals surface area (Å²) in [5, 5.41) is 3.64. The van der Waals surface area contributed by atoms with Crippen LogP contribution in [-0.4, -0.2) is 36.5 Å². The molecule has 6 aliphatic rings. The second-order valence-electron chi connectivity index (χ2n) is 8.66. The summed E-state index contributed by atoms with van der Waals surface area (Å²) in [6, 6.07) is 0.597. The Balaban J connectivity index is 1.33. The fourth-order valence-electron chi connectivity index (χ4n) is 6.77. The lowest BCUT2D eigenvalue weighted by Gasteiger charge is -2.54. The van der Waals surface area contributed by atoms with Gasteiger partial charge in [0.2, 0.25) is 5.91 Å². The largest absolute Gasteiger partial charge is 0.341 e. The molecule has 6 fully saturated rings. The van der Waals surface area contributed by atoms with E-state index < -0.39 is 0 Å². The molecule has 2 heterocycles. The van der Waals surface area contributed by atoms with Crippen molar-refractivity contribution in [2.24, 2.45) is 35.5 Å². The maximum atomic E-state index is 13.2. The molecule has 0 aromatic rings. The molecule has 2 saturated heterocycles. The topological polar surface area (TPSA) is 32.3 Å². The average molecular weight is 288 g/mol. The van der Waals surface area contributed by atoms with Crippen molar-refractivity contribution in [1.29, 1.82) is 0 Å². The Morgan fingerprint density at radius 2 is 1.62 bits per heavy atom. The number of carbonyl (C=O) groups is 1. The van der Waals surface area contributed by atoms with Crippen LogP contribution in [0.3, 0.4) is 0 Å². The molecule has 2 atom stereocenters. The number of hydrogen-bond acceptors (Lipinski definition) is 2. The second kappa shape index (κ2) is 4.71. The highest BCUT2D eigenvalue weighted by molar-refractivity contribution is 5.80. The van der Waals surface area contributed by atoms with Crippen molar-refractivity contribution >= 4 is 5.91 Å². The fraction of sp³-hybridized carbons (Fsp3) is 0.944. The predicted octanol–water partition coefficient (Wildman–Crippen LogP) is 2.27. The number of rotatable bonds is 1. The number of nitrogens with one attached hydrogen (secondary N) is 1. The summed E-state index contributed by atoms with van der Waals surface area (Å²) in [5.74, 6) is 5.10. The van der Waals surface area contributed by atoms with Crippen LogP contribution in [0, 0.1) is 35.5 Å². The number of carbonyl (C=O) groups excluding carboxylic acids is 1. The van der Waals surface area contributed by atoms with Gasteiger partial charge in [0.25, 0.3) is 0 Å². The normalized spacial score (nSPS) is 51.2. The van der Waals surface area contributed by atoms with Gasteiger partial charge in [0.1, 0.15) is 0 Å². The van der Waals surface area contributed by atoms with Crippen LogP contribution < -0.4 is 5.32 Å². The molecule has 0 aromatic heterocycles. The molecule has 4 aliphatic carbocycles. The minimum Gasteiger partial charge on any atom is -0.341 e. The Morgan fingerprint density at radius 1 is 0.905 bits per heavy atom. The summed E-state index contributed by atoms with van der Waals surface area (Å²) in [4.78, 5) is 15.4. The number of hydrogen-bond donors (Lipinski definition) is 1. The minimum atomic E-state index is 0.401. The molecule has 0 spiro atoms. The van der Waals surface area contributed by atoms with Gasteiger partial charge in [-0.2, -0.15) is 0 Å². The number of piperidine rings is 1. The summed E-state index contributed by atoms with van der Waals surface area (Å²) >= 11 is 0. The number of amides is 1. The highest BCUT2D eigenvalue weighted by atomic mass is 16.2. The van der Waals surface area contributed by atoms with Crippen LogP contribution in [0.25, 0.3) is 0 Å². The first-order chi connectivity index (χ1) is 10.3. The molecule has 0 radical (unpaired) electrons. The Labute approximate surface area is 127 Å². The van der Waals surface area contributed by atoms with Crippen LogP contribution >= 0.6 is 0 Å². The van der Waals surface area contributed by atoms with Gasteiger partial charge in [-0.15, -0.1) is 0 Å². The van der Waals surface area contributed by atoms with Crippen LogP contribution in [0.5, 0.6) is 0 Å². The van der Waals surface area contributed by atoms with Crippen molar-refractivity contribution in [2.45, 2.75) is 51.0 Å². The molecule has 4 saturated carbocycles. The van der Waals surface area contributed by atoms with Crippen LogP contribution in [0.4, 0.5) is 0 Å². The van der Waals surface area contributed by atoms with Crippen LogP contribution in [0.15, 0.2) is 0 Å². The van der Waals surface area contributed by atoms with Gasteiger partial charge in [-0.1, -0.05) is 0 Å². The smallest absolute Gasteiger partial charge is 0.226 e. The van der Waals surface area contributed by atoms with Crippen molar-refractivity contribution < 1.29 is 4.79 Å². The Morgan fingerprint density at radius 3 is 2.29 bits per heavy atom. The van der Waals surface area contributed by atoms with E-state index in [0.717, 1.165) is 49.2 Å². The molecule has 2 aliphatic heterocycles. The van der Waals surface area contributed by atoms with E-state index in [1.807, 2.05) is 0 Å². The van der Waals surface area contributed by atoms with Crippen molar-refractivity contribution in [3.8, 4) is 0 Å². The fourth-order valence-corrected chi connectivity index (χ4v) is 6.77. The number of likely N-dealkylation sites (tertiary alicyclic amines) is 1. The lowest BCUT2D eigenvalue weighted by Crippen LogP contribution is -2.51. The zero-order valence-corrected chi connectivity index (χ0v) is 13.0. The number of nitrogens with zero attached hydrogens (tertiary/aromatic N) is 1. The van der Waals surface area contributed by atoms with Gasteiger partial charge in [-0.05, 0) is 81.1 Å². The Hall–Kier alpha value is -0.570. The minimum absolute atomic E-state index is 0.401. The SMILES string of the molecule is O=C(C1C2CC3CC(C2)CC1C3)N1CC2CCCNC2C1. The van der Waals surface area contributed by atoms with Gasteiger partial charge in [0.05, 0.1) is 0 Å². The highest BCUT2D eigenvalue weighted by Crippen LogP contribution is 2.57. The second-order valence-corrected chi connectivity index (χ2v) is 8.66. The van der Waals surface area contributed by atoms with Crippen LogP contribution in [-0.2, 0) is 4.79 Å². The quantitative estimate of drug-likeness (QED) is 0.803. The van der Waals surface area contributed by atoms with Gasteiger partial charge >= 0.3 is 0 Å². The van der Waals surface area contributed by atoms with E-state index in [0.29, 0.717) is 17.9 Å². The van der Waals surface area contributed by atoms with E-state index in [4.69, 9.17) is 0 Å². The van der Waals surface area contributed by atoms with Crippen molar-refractivity contribution in [1.82, 2.24) is 10.2 Å². The summed E-state index contributed by atoms with van der Waals surface area (Å²) in [6.45, 7) is 3.19. The summed E-state index contributed by atoms with van der Waals surface area (Å²) in [6.07, 6.45) is 9.55. The molecule has 1 N–H and O–H groups in total. The van der Waals surface area contributed by atoms with E-state index in [-0.39, 0.29) is 0 Å². The standard InChI is InChI=1S/C18H28N2O/c21-18(20-9-13-2-1-3-19-16(13)10-20)17-14-5-11-4-12(7-14)8-15(17)6-11/h11-17,19H,1-10H2. The number of fused-ring (bicyclic) bond motifs is 1. The summed E-state index contributed by atoms with van der Waals surface area (Å²) in [7, 11) is 0. The third-order valence-corrected chi connectivity index (χ3v) is 7.42. The van der Waals surface area contributed by atoms with Crippen molar-refractivity contribution in [3.63, 3.8) is 0 Å². The van der Waals surface area contributed by atoms with E-state index in [1.165, 1.54) is 44.9 Å². The third-order valence-electron chi connectivity index (χ3n) is 7.42. The zero-order valence-electron chi connectivity index (χ0n) is 13.0. The molecule has 4 bridgehead atoms. The molecule has 3 nitrogen and oxygen atoms in total. The average Bonchev–Trinajstić information content (AvgIpc) is 2.89.